The summed E-state index contributed by atoms with van der Waals surface area (Å²) in [7, 11) is 0. The highest BCUT2D eigenvalue weighted by molar-refractivity contribution is 6.35. The number of ether oxygens (including phenoxy) is 1. The fourth-order valence-electron chi connectivity index (χ4n) is 2.46. The molecular weight excluding hydrogens is 348 g/mol. The summed E-state index contributed by atoms with van der Waals surface area (Å²) in [5.41, 5.74) is 3.51. The van der Waals surface area contributed by atoms with Crippen LogP contribution in [0.15, 0.2) is 66.7 Å². The minimum atomic E-state index is -0.473. The first-order valence-corrected chi connectivity index (χ1v) is 8.51. The molecule has 0 aliphatic rings. The number of rotatable bonds is 4. The summed E-state index contributed by atoms with van der Waals surface area (Å²) >= 11 is 6.24. The second-order valence-corrected chi connectivity index (χ2v) is 6.50. The smallest absolute Gasteiger partial charge is 0.343 e. The number of hydrogen-bond donors (Lipinski definition) is 0. The van der Waals surface area contributed by atoms with Crippen LogP contribution in [0.1, 0.15) is 37.4 Å². The van der Waals surface area contributed by atoms with E-state index < -0.39 is 5.97 Å². The van der Waals surface area contributed by atoms with Crippen molar-refractivity contribution in [1.82, 2.24) is 0 Å². The second-order valence-electron chi connectivity index (χ2n) is 6.09. The van der Waals surface area contributed by atoms with Crippen LogP contribution in [0, 0.1) is 13.8 Å². The van der Waals surface area contributed by atoms with E-state index >= 15 is 0 Å². The number of ketones is 1. The molecule has 0 saturated heterocycles. The first kappa shape index (κ1) is 17.9. The van der Waals surface area contributed by atoms with Gasteiger partial charge in [-0.25, -0.2) is 4.79 Å². The molecule has 3 nitrogen and oxygen atoms in total. The van der Waals surface area contributed by atoms with Gasteiger partial charge in [-0.05, 0) is 38.1 Å². The van der Waals surface area contributed by atoms with Gasteiger partial charge in [-0.15, -0.1) is 0 Å². The monoisotopic (exact) mass is 364 g/mol. The number of aryl methyl sites for hydroxylation is 2. The molecule has 0 N–H and O–H groups in total. The van der Waals surface area contributed by atoms with Crippen LogP contribution in [0.4, 0.5) is 0 Å². The molecule has 0 fully saturated rings. The first-order valence-electron chi connectivity index (χ1n) is 8.14. The lowest BCUT2D eigenvalue weighted by atomic mass is 10.0. The van der Waals surface area contributed by atoms with Crippen molar-refractivity contribution in [2.75, 3.05) is 0 Å². The van der Waals surface area contributed by atoms with Gasteiger partial charge in [0.25, 0.3) is 0 Å². The Bertz CT molecular complexity index is 958. The highest BCUT2D eigenvalue weighted by atomic mass is 35.5. The molecule has 0 radical (unpaired) electrons. The number of benzene rings is 3. The lowest BCUT2D eigenvalue weighted by Crippen LogP contribution is -2.09. The van der Waals surface area contributed by atoms with Crippen molar-refractivity contribution in [3.8, 4) is 5.75 Å². The highest BCUT2D eigenvalue weighted by Crippen LogP contribution is 2.25. The molecule has 0 spiro atoms. The Morgan fingerprint density at radius 3 is 1.85 bits per heavy atom. The van der Waals surface area contributed by atoms with Crippen molar-refractivity contribution in [3.63, 3.8) is 0 Å². The summed E-state index contributed by atoms with van der Waals surface area (Å²) in [6.45, 7) is 3.90. The number of carbonyl (C=O) groups excluding carboxylic acids is 2. The standard InChI is InChI=1S/C22H17ClO3/c1-14-3-7-16(8-4-14)21(24)19-12-11-18(13-20(19)23)26-22(25)17-9-5-15(2)6-10-17/h3-13H,1-2H3. The van der Waals surface area contributed by atoms with Crippen LogP contribution < -0.4 is 4.74 Å². The molecule has 0 aliphatic carbocycles. The summed E-state index contributed by atoms with van der Waals surface area (Å²) in [4.78, 5) is 24.7. The van der Waals surface area contributed by atoms with Gasteiger partial charge >= 0.3 is 5.97 Å². The largest absolute Gasteiger partial charge is 0.423 e. The van der Waals surface area contributed by atoms with Crippen LogP contribution in [-0.4, -0.2) is 11.8 Å². The van der Waals surface area contributed by atoms with E-state index in [0.717, 1.165) is 11.1 Å². The Kier molecular flexibility index (Phi) is 5.19. The Morgan fingerprint density at radius 1 is 0.769 bits per heavy atom. The molecule has 0 aromatic heterocycles. The van der Waals surface area contributed by atoms with Gasteiger partial charge in [-0.2, -0.15) is 0 Å². The van der Waals surface area contributed by atoms with Gasteiger partial charge < -0.3 is 4.74 Å². The van der Waals surface area contributed by atoms with Gasteiger partial charge in [0.05, 0.1) is 10.6 Å². The van der Waals surface area contributed by atoms with Crippen LogP contribution in [0.25, 0.3) is 0 Å². The van der Waals surface area contributed by atoms with Crippen molar-refractivity contribution in [3.05, 3.63) is 99.6 Å². The van der Waals surface area contributed by atoms with Crippen LogP contribution >= 0.6 is 11.6 Å². The highest BCUT2D eigenvalue weighted by Gasteiger charge is 2.15. The fourth-order valence-corrected chi connectivity index (χ4v) is 2.72. The average Bonchev–Trinajstić information content (AvgIpc) is 2.62. The summed E-state index contributed by atoms with van der Waals surface area (Å²) in [5, 5.41) is 0.241. The number of halogens is 1. The molecule has 26 heavy (non-hydrogen) atoms. The van der Waals surface area contributed by atoms with Gasteiger partial charge in [0.2, 0.25) is 0 Å². The van der Waals surface area contributed by atoms with E-state index in [0.29, 0.717) is 22.4 Å². The van der Waals surface area contributed by atoms with Crippen molar-refractivity contribution >= 4 is 23.4 Å². The molecule has 0 bridgehead atoms. The zero-order chi connectivity index (χ0) is 18.7. The van der Waals surface area contributed by atoms with Gasteiger partial charge in [-0.1, -0.05) is 59.1 Å². The summed E-state index contributed by atoms with van der Waals surface area (Å²) < 4.78 is 5.34. The molecule has 3 aromatic carbocycles. The van der Waals surface area contributed by atoms with Crippen LogP contribution in [-0.2, 0) is 0 Å². The van der Waals surface area contributed by atoms with Gasteiger partial charge in [0, 0.05) is 17.2 Å². The minimum Gasteiger partial charge on any atom is -0.423 e. The summed E-state index contributed by atoms with van der Waals surface area (Å²) in [6, 6.07) is 19.0. The molecule has 3 aromatic rings. The van der Waals surface area contributed by atoms with Crippen LogP contribution in [0.5, 0.6) is 5.75 Å². The van der Waals surface area contributed by atoms with E-state index in [2.05, 4.69) is 0 Å². The van der Waals surface area contributed by atoms with E-state index in [4.69, 9.17) is 16.3 Å². The molecule has 0 atom stereocenters. The topological polar surface area (TPSA) is 43.4 Å². The fraction of sp³-hybridized carbons (Fsp3) is 0.0909. The SMILES string of the molecule is Cc1ccc(C(=O)Oc2ccc(C(=O)c3ccc(C)cc3)c(Cl)c2)cc1. The van der Waals surface area contributed by atoms with Gasteiger partial charge in [0.1, 0.15) is 5.75 Å². The zero-order valence-corrected chi connectivity index (χ0v) is 15.2. The molecule has 0 aliphatic heterocycles. The quantitative estimate of drug-likeness (QED) is 0.353. The van der Waals surface area contributed by atoms with E-state index in [1.54, 1.807) is 36.4 Å². The summed E-state index contributed by atoms with van der Waals surface area (Å²) in [6.07, 6.45) is 0. The zero-order valence-electron chi connectivity index (χ0n) is 14.5. The van der Waals surface area contributed by atoms with E-state index in [1.807, 2.05) is 38.1 Å². The predicted octanol–water partition coefficient (Wildman–Crippen LogP) is 5.41. The maximum Gasteiger partial charge on any atom is 0.343 e. The molecular formula is C22H17ClO3. The van der Waals surface area contributed by atoms with Crippen molar-refractivity contribution < 1.29 is 14.3 Å². The molecule has 4 heteroatoms. The normalized spacial score (nSPS) is 10.4. The third-order valence-corrected chi connectivity index (χ3v) is 4.31. The number of esters is 1. The molecule has 3 rings (SSSR count). The van der Waals surface area contributed by atoms with Gasteiger partial charge in [0.15, 0.2) is 5.78 Å². The lowest BCUT2D eigenvalue weighted by molar-refractivity contribution is 0.0734. The minimum absolute atomic E-state index is 0.175. The third kappa shape index (κ3) is 4.01. The summed E-state index contributed by atoms with van der Waals surface area (Å²) in [5.74, 6) is -0.355. The predicted molar refractivity (Wildman–Crippen MR) is 102 cm³/mol. The van der Waals surface area contributed by atoms with Crippen LogP contribution in [0.3, 0.4) is 0 Å². The third-order valence-electron chi connectivity index (χ3n) is 4.00. The molecule has 0 amide bonds. The second kappa shape index (κ2) is 7.54. The van der Waals surface area contributed by atoms with E-state index in [1.165, 1.54) is 6.07 Å². The Balaban J connectivity index is 1.78. The lowest BCUT2D eigenvalue weighted by Gasteiger charge is -2.08. The molecule has 0 heterocycles. The number of carbonyl (C=O) groups is 2. The van der Waals surface area contributed by atoms with Crippen LogP contribution in [0.2, 0.25) is 5.02 Å². The van der Waals surface area contributed by atoms with Crippen molar-refractivity contribution in [1.29, 1.82) is 0 Å². The molecule has 0 unspecified atom stereocenters. The first-order chi connectivity index (χ1) is 12.4. The average molecular weight is 365 g/mol. The Morgan fingerprint density at radius 2 is 1.31 bits per heavy atom. The van der Waals surface area contributed by atoms with Crippen molar-refractivity contribution in [2.24, 2.45) is 0 Å². The molecule has 0 saturated carbocycles. The number of hydrogen-bond acceptors (Lipinski definition) is 3. The molecule has 130 valence electrons. The van der Waals surface area contributed by atoms with E-state index in [-0.39, 0.29) is 10.8 Å². The van der Waals surface area contributed by atoms with Crippen molar-refractivity contribution in [2.45, 2.75) is 13.8 Å². The Labute approximate surface area is 157 Å². The maximum atomic E-state index is 12.6. The maximum absolute atomic E-state index is 12.6. The van der Waals surface area contributed by atoms with E-state index in [9.17, 15) is 9.59 Å². The Hall–Kier alpha value is -2.91. The van der Waals surface area contributed by atoms with Gasteiger partial charge in [-0.3, -0.25) is 4.79 Å².